The van der Waals surface area contributed by atoms with E-state index in [0.29, 0.717) is 17.4 Å². The maximum atomic E-state index is 6.41. The average molecular weight is 297 g/mol. The lowest BCUT2D eigenvalue weighted by Crippen LogP contribution is -2.59. The summed E-state index contributed by atoms with van der Waals surface area (Å²) in [6, 6.07) is 0.443. The van der Waals surface area contributed by atoms with Crippen molar-refractivity contribution in [2.75, 3.05) is 26.4 Å². The monoisotopic (exact) mass is 297 g/mol. The molecule has 1 aliphatic carbocycles. The Kier molecular flexibility index (Phi) is 6.10. The van der Waals surface area contributed by atoms with Crippen LogP contribution in [-0.2, 0) is 9.47 Å². The molecule has 0 bridgehead atoms. The third kappa shape index (κ3) is 4.20. The highest BCUT2D eigenvalue weighted by atomic mass is 16.5. The summed E-state index contributed by atoms with van der Waals surface area (Å²) in [5.41, 5.74) is 0.492. The number of likely N-dealkylation sites (N-methyl/N-ethyl adjacent to an activating group) is 1. The molecular formula is C18H35NO2. The van der Waals surface area contributed by atoms with Crippen molar-refractivity contribution in [1.29, 1.82) is 0 Å². The number of ether oxygens (including phenoxy) is 2. The van der Waals surface area contributed by atoms with Gasteiger partial charge in [-0.3, -0.25) is 0 Å². The first-order valence-corrected chi connectivity index (χ1v) is 8.98. The van der Waals surface area contributed by atoms with Crippen LogP contribution in [0.3, 0.4) is 0 Å². The summed E-state index contributed by atoms with van der Waals surface area (Å²) in [6.45, 7) is 12.8. The fourth-order valence-corrected chi connectivity index (χ4v) is 4.21. The van der Waals surface area contributed by atoms with Gasteiger partial charge in [-0.2, -0.15) is 0 Å². The normalized spacial score (nSPS) is 30.0. The van der Waals surface area contributed by atoms with Gasteiger partial charge in [0.25, 0.3) is 0 Å². The molecule has 1 saturated heterocycles. The summed E-state index contributed by atoms with van der Waals surface area (Å²) < 4.78 is 12.2. The average Bonchev–Trinajstić information content (AvgIpc) is 2.49. The molecule has 1 saturated carbocycles. The van der Waals surface area contributed by atoms with Crippen molar-refractivity contribution < 1.29 is 9.47 Å². The zero-order chi connectivity index (χ0) is 15.3. The Morgan fingerprint density at radius 2 is 1.90 bits per heavy atom. The van der Waals surface area contributed by atoms with Crippen LogP contribution in [0.15, 0.2) is 0 Å². The lowest BCUT2D eigenvalue weighted by atomic mass is 9.66. The molecule has 2 fully saturated rings. The van der Waals surface area contributed by atoms with E-state index in [2.05, 4.69) is 33.0 Å². The van der Waals surface area contributed by atoms with E-state index in [1.165, 1.54) is 38.5 Å². The highest BCUT2D eigenvalue weighted by Gasteiger charge is 2.47. The van der Waals surface area contributed by atoms with Crippen LogP contribution in [0.4, 0.5) is 0 Å². The van der Waals surface area contributed by atoms with Crippen molar-refractivity contribution in [2.24, 2.45) is 11.3 Å². The second-order valence-corrected chi connectivity index (χ2v) is 7.67. The highest BCUT2D eigenvalue weighted by Crippen LogP contribution is 2.45. The Labute approximate surface area is 131 Å². The Bertz CT molecular complexity index is 300. The van der Waals surface area contributed by atoms with E-state index in [9.17, 15) is 0 Å². The van der Waals surface area contributed by atoms with Crippen LogP contribution in [0.2, 0.25) is 0 Å². The smallest absolute Gasteiger partial charge is 0.0838 e. The van der Waals surface area contributed by atoms with E-state index < -0.39 is 0 Å². The second kappa shape index (κ2) is 7.43. The van der Waals surface area contributed by atoms with Crippen molar-refractivity contribution in [3.8, 4) is 0 Å². The van der Waals surface area contributed by atoms with Gasteiger partial charge in [0, 0.05) is 25.2 Å². The van der Waals surface area contributed by atoms with E-state index in [0.717, 1.165) is 26.4 Å². The third-order valence-electron chi connectivity index (χ3n) is 5.54. The fourth-order valence-electron chi connectivity index (χ4n) is 4.21. The number of hydrogen-bond donors (Lipinski definition) is 1. The first-order valence-electron chi connectivity index (χ1n) is 8.98. The molecule has 2 unspecified atom stereocenters. The molecule has 1 N–H and O–H groups in total. The van der Waals surface area contributed by atoms with Crippen LogP contribution in [-0.4, -0.2) is 38.0 Å². The summed E-state index contributed by atoms with van der Waals surface area (Å²) >= 11 is 0. The van der Waals surface area contributed by atoms with Crippen molar-refractivity contribution in [3.63, 3.8) is 0 Å². The second-order valence-electron chi connectivity index (χ2n) is 7.67. The molecule has 124 valence electrons. The van der Waals surface area contributed by atoms with Gasteiger partial charge in [-0.05, 0) is 57.4 Å². The van der Waals surface area contributed by atoms with Crippen LogP contribution >= 0.6 is 0 Å². The van der Waals surface area contributed by atoms with Crippen LogP contribution in [0, 0.1) is 11.3 Å². The molecule has 1 heterocycles. The van der Waals surface area contributed by atoms with Gasteiger partial charge in [0.2, 0.25) is 0 Å². The number of nitrogens with one attached hydrogen (secondary N) is 1. The molecule has 0 aromatic carbocycles. The van der Waals surface area contributed by atoms with E-state index >= 15 is 0 Å². The Morgan fingerprint density at radius 1 is 1.19 bits per heavy atom. The first kappa shape index (κ1) is 17.2. The van der Waals surface area contributed by atoms with Crippen molar-refractivity contribution in [1.82, 2.24) is 5.32 Å². The predicted molar refractivity (Wildman–Crippen MR) is 87.6 cm³/mol. The minimum atomic E-state index is 0.0195. The van der Waals surface area contributed by atoms with E-state index in [-0.39, 0.29) is 5.60 Å². The quantitative estimate of drug-likeness (QED) is 0.809. The number of hydrogen-bond acceptors (Lipinski definition) is 3. The molecule has 2 aliphatic rings. The van der Waals surface area contributed by atoms with Gasteiger partial charge in [0.1, 0.15) is 0 Å². The molecule has 0 amide bonds. The Hall–Kier alpha value is -0.120. The van der Waals surface area contributed by atoms with E-state index in [1.807, 2.05) is 0 Å². The SMILES string of the molecule is CCNC(C1CCCOC1)C1(OCC)CCC(C)(C)CC1. The molecule has 2 rings (SSSR count). The zero-order valence-corrected chi connectivity index (χ0v) is 14.5. The molecule has 1 aliphatic heterocycles. The largest absolute Gasteiger partial charge is 0.381 e. The lowest BCUT2D eigenvalue weighted by Gasteiger charge is -2.50. The molecule has 0 spiro atoms. The lowest BCUT2D eigenvalue weighted by molar-refractivity contribution is -0.128. The number of rotatable bonds is 6. The van der Waals surface area contributed by atoms with Gasteiger partial charge in [0.05, 0.1) is 12.2 Å². The predicted octanol–water partition coefficient (Wildman–Crippen LogP) is 3.77. The zero-order valence-electron chi connectivity index (χ0n) is 14.5. The van der Waals surface area contributed by atoms with Crippen LogP contribution in [0.5, 0.6) is 0 Å². The van der Waals surface area contributed by atoms with Crippen LogP contribution < -0.4 is 5.32 Å². The molecule has 2 atom stereocenters. The van der Waals surface area contributed by atoms with Gasteiger partial charge in [-0.15, -0.1) is 0 Å². The maximum absolute atomic E-state index is 6.41. The molecule has 21 heavy (non-hydrogen) atoms. The summed E-state index contributed by atoms with van der Waals surface area (Å²) in [4.78, 5) is 0. The molecular weight excluding hydrogens is 262 g/mol. The Balaban J connectivity index is 2.15. The summed E-state index contributed by atoms with van der Waals surface area (Å²) in [6.07, 6.45) is 7.37. The maximum Gasteiger partial charge on any atom is 0.0838 e. The van der Waals surface area contributed by atoms with Gasteiger partial charge >= 0.3 is 0 Å². The van der Waals surface area contributed by atoms with Crippen molar-refractivity contribution in [3.05, 3.63) is 0 Å². The molecule has 0 aromatic rings. The molecule has 0 aromatic heterocycles. The Morgan fingerprint density at radius 3 is 2.43 bits per heavy atom. The van der Waals surface area contributed by atoms with E-state index in [1.54, 1.807) is 0 Å². The molecule has 3 heteroatoms. The van der Waals surface area contributed by atoms with Gasteiger partial charge in [0.15, 0.2) is 0 Å². The van der Waals surface area contributed by atoms with E-state index in [4.69, 9.17) is 9.47 Å². The van der Waals surface area contributed by atoms with Gasteiger partial charge in [-0.25, -0.2) is 0 Å². The summed E-state index contributed by atoms with van der Waals surface area (Å²) in [5, 5.41) is 3.77. The minimum Gasteiger partial charge on any atom is -0.381 e. The van der Waals surface area contributed by atoms with Crippen molar-refractivity contribution in [2.45, 2.75) is 77.9 Å². The third-order valence-corrected chi connectivity index (χ3v) is 5.54. The van der Waals surface area contributed by atoms with Crippen molar-refractivity contribution >= 4 is 0 Å². The molecule has 3 nitrogen and oxygen atoms in total. The fraction of sp³-hybridized carbons (Fsp3) is 1.00. The first-order chi connectivity index (χ1) is 10.0. The standard InChI is InChI=1S/C18H35NO2/c1-5-19-16(15-8-7-13-20-14-15)18(21-6-2)11-9-17(3,4)10-12-18/h15-16,19H,5-14H2,1-4H3. The topological polar surface area (TPSA) is 30.5 Å². The molecule has 0 radical (unpaired) electrons. The van der Waals surface area contributed by atoms with Crippen LogP contribution in [0.1, 0.15) is 66.2 Å². The summed E-state index contributed by atoms with van der Waals surface area (Å²) in [7, 11) is 0. The van der Waals surface area contributed by atoms with Crippen LogP contribution in [0.25, 0.3) is 0 Å². The minimum absolute atomic E-state index is 0.0195. The highest BCUT2D eigenvalue weighted by molar-refractivity contribution is 5.01. The summed E-state index contributed by atoms with van der Waals surface area (Å²) in [5.74, 6) is 0.603. The van der Waals surface area contributed by atoms with Gasteiger partial charge < -0.3 is 14.8 Å². The van der Waals surface area contributed by atoms with Gasteiger partial charge in [-0.1, -0.05) is 20.8 Å².